The van der Waals surface area contributed by atoms with Crippen LogP contribution in [0.3, 0.4) is 0 Å². The summed E-state index contributed by atoms with van der Waals surface area (Å²) in [6.45, 7) is 6.52. The molecule has 40 heavy (non-hydrogen) atoms. The predicted octanol–water partition coefficient (Wildman–Crippen LogP) is 6.02. The minimum atomic E-state index is -0.993. The summed E-state index contributed by atoms with van der Waals surface area (Å²) in [5.74, 6) is -1.73. The summed E-state index contributed by atoms with van der Waals surface area (Å²) in [5, 5.41) is 17.2. The molecule has 0 aliphatic heterocycles. The molecule has 3 N–H and O–H groups in total. The molecule has 0 bridgehead atoms. The van der Waals surface area contributed by atoms with Crippen LogP contribution in [0, 0.1) is 22.1 Å². The zero-order chi connectivity index (χ0) is 28.4. The second kappa shape index (κ2) is 17.0. The molecule has 0 radical (unpaired) electrons. The van der Waals surface area contributed by atoms with Crippen molar-refractivity contribution in [3.8, 4) is 0 Å². The van der Waals surface area contributed by atoms with Crippen LogP contribution in [-0.4, -0.2) is 48.2 Å². The molecule has 1 amide bonds. The third kappa shape index (κ3) is 11.4. The molecule has 0 saturated carbocycles. The lowest BCUT2D eigenvalue weighted by Gasteiger charge is -2.25. The van der Waals surface area contributed by atoms with Crippen LogP contribution in [0.2, 0.25) is 0 Å². The number of benzene rings is 3. The van der Waals surface area contributed by atoms with Gasteiger partial charge in [-0.05, 0) is 109 Å². The fourth-order valence-corrected chi connectivity index (χ4v) is 5.18. The Morgan fingerprint density at radius 2 is 1.75 bits per heavy atom. The van der Waals surface area contributed by atoms with Crippen LogP contribution in [0.4, 0.5) is 8.78 Å². The number of aliphatic hydroxyl groups is 1. The summed E-state index contributed by atoms with van der Waals surface area (Å²) in [5.41, 5.74) is 3.91. The van der Waals surface area contributed by atoms with Gasteiger partial charge in [-0.1, -0.05) is 37.1 Å². The molecule has 2 atom stereocenters. The molecule has 0 heterocycles. The number of unbranched alkanes of at least 4 members (excludes halogenated alkanes) is 1. The number of hydrogen-bond acceptors (Lipinski definition) is 4. The van der Waals surface area contributed by atoms with E-state index >= 15 is 0 Å². The average Bonchev–Trinajstić information content (AvgIpc) is 2.86. The maximum atomic E-state index is 13.9. The number of nitrogens with one attached hydrogen (secondary N) is 2. The van der Waals surface area contributed by atoms with E-state index in [1.54, 1.807) is 0 Å². The lowest BCUT2D eigenvalue weighted by Crippen LogP contribution is -2.48. The first-order valence-corrected chi connectivity index (χ1v) is 14.4. The smallest absolute Gasteiger partial charge is 0.251 e. The Balaban J connectivity index is 0.00000560. The summed E-state index contributed by atoms with van der Waals surface area (Å²) in [6.07, 6.45) is 1.30. The minimum Gasteiger partial charge on any atom is -0.390 e. The molecule has 0 saturated heterocycles. The third-order valence-corrected chi connectivity index (χ3v) is 7.15. The Morgan fingerprint density at radius 1 is 1.02 bits per heavy atom. The number of carbonyl (C=O) groups excluding carboxylic acids is 1. The Labute approximate surface area is 256 Å². The van der Waals surface area contributed by atoms with Crippen molar-refractivity contribution in [3.05, 3.63) is 104 Å². The van der Waals surface area contributed by atoms with Crippen LogP contribution >= 0.6 is 35.0 Å². The first-order chi connectivity index (χ1) is 18.6. The van der Waals surface area contributed by atoms with E-state index < -0.39 is 23.8 Å². The summed E-state index contributed by atoms with van der Waals surface area (Å²) in [6, 6.07) is 16.2. The SMILES string of the molecule is CCCCN(C)Cc1cc(C)cc(C(=O)N[C@@H](Cc2cc(F)cc(F)c2)[C@@H](O)CNCc2cccc(I)c2)c1.Cl. The van der Waals surface area contributed by atoms with Crippen LogP contribution in [0.5, 0.6) is 0 Å². The maximum absolute atomic E-state index is 13.9. The van der Waals surface area contributed by atoms with E-state index in [1.165, 1.54) is 12.1 Å². The quantitative estimate of drug-likeness (QED) is 0.182. The number of aryl methyl sites for hydroxylation is 1. The van der Waals surface area contributed by atoms with Gasteiger partial charge >= 0.3 is 0 Å². The third-order valence-electron chi connectivity index (χ3n) is 6.48. The topological polar surface area (TPSA) is 64.6 Å². The maximum Gasteiger partial charge on any atom is 0.251 e. The number of carbonyl (C=O) groups is 1. The molecule has 0 spiro atoms. The highest BCUT2D eigenvalue weighted by Gasteiger charge is 2.23. The fourth-order valence-electron chi connectivity index (χ4n) is 4.57. The summed E-state index contributed by atoms with van der Waals surface area (Å²) < 4.78 is 28.9. The number of rotatable bonds is 14. The van der Waals surface area contributed by atoms with Crippen LogP contribution in [0.25, 0.3) is 0 Å². The van der Waals surface area contributed by atoms with Crippen molar-refractivity contribution in [3.63, 3.8) is 0 Å². The zero-order valence-corrected chi connectivity index (χ0v) is 26.2. The van der Waals surface area contributed by atoms with Crippen LogP contribution < -0.4 is 10.6 Å². The van der Waals surface area contributed by atoms with Gasteiger partial charge in [0.2, 0.25) is 0 Å². The highest BCUT2D eigenvalue weighted by molar-refractivity contribution is 14.1. The van der Waals surface area contributed by atoms with E-state index in [0.717, 1.165) is 52.3 Å². The molecule has 218 valence electrons. The molecule has 3 rings (SSSR count). The van der Waals surface area contributed by atoms with Crippen LogP contribution in [-0.2, 0) is 19.5 Å². The van der Waals surface area contributed by atoms with Crippen molar-refractivity contribution in [1.29, 1.82) is 0 Å². The number of amides is 1. The van der Waals surface area contributed by atoms with Crippen molar-refractivity contribution in [2.45, 2.75) is 58.3 Å². The van der Waals surface area contributed by atoms with Crippen molar-refractivity contribution < 1.29 is 18.7 Å². The Hall–Kier alpha value is -2.11. The molecule has 0 aromatic heterocycles. The second-order valence-electron chi connectivity index (χ2n) is 10.2. The van der Waals surface area contributed by atoms with E-state index in [0.29, 0.717) is 17.7 Å². The number of halogens is 4. The van der Waals surface area contributed by atoms with Crippen molar-refractivity contribution >= 4 is 40.9 Å². The number of nitrogens with zero attached hydrogens (tertiary/aromatic N) is 1. The lowest BCUT2D eigenvalue weighted by atomic mass is 9.99. The second-order valence-corrected chi connectivity index (χ2v) is 11.4. The predicted molar refractivity (Wildman–Crippen MR) is 168 cm³/mol. The number of aliphatic hydroxyl groups excluding tert-OH is 1. The molecule has 5 nitrogen and oxygen atoms in total. The molecular formula is C31H39ClF2IN3O2. The van der Waals surface area contributed by atoms with Gasteiger partial charge in [0.05, 0.1) is 12.1 Å². The lowest BCUT2D eigenvalue weighted by molar-refractivity contribution is 0.0829. The van der Waals surface area contributed by atoms with Crippen LogP contribution in [0.15, 0.2) is 60.7 Å². The van der Waals surface area contributed by atoms with E-state index in [9.17, 15) is 18.7 Å². The van der Waals surface area contributed by atoms with Gasteiger partial charge in [-0.25, -0.2) is 8.78 Å². The zero-order valence-electron chi connectivity index (χ0n) is 23.2. The monoisotopic (exact) mass is 685 g/mol. The van der Waals surface area contributed by atoms with E-state index in [2.05, 4.69) is 58.2 Å². The molecule has 0 aliphatic carbocycles. The molecule has 3 aromatic rings. The molecule has 0 unspecified atom stereocenters. The first kappa shape index (κ1) is 34.1. The standard InChI is InChI=1S/C31H38F2IN3O2.ClH/c1-4-5-9-37(3)20-24-10-21(2)11-25(12-24)31(39)36-29(16-23-13-26(32)17-27(33)14-23)30(38)19-35-18-22-7-6-8-28(34)15-22;/h6-8,10-15,17,29-30,35,38H,4-5,9,16,18-20H2,1-3H3,(H,36,39);1H/t29-,30-;/m0./s1. The first-order valence-electron chi connectivity index (χ1n) is 13.3. The van der Waals surface area contributed by atoms with Gasteiger partial charge in [0.25, 0.3) is 5.91 Å². The van der Waals surface area contributed by atoms with Gasteiger partial charge in [-0.15, -0.1) is 12.4 Å². The van der Waals surface area contributed by atoms with Crippen molar-refractivity contribution in [1.82, 2.24) is 15.5 Å². The number of hydrogen-bond donors (Lipinski definition) is 3. The van der Waals surface area contributed by atoms with Crippen molar-refractivity contribution in [2.24, 2.45) is 0 Å². The molecule has 0 fully saturated rings. The molecule has 9 heteroatoms. The Kier molecular flexibility index (Phi) is 14.5. The molecular weight excluding hydrogens is 647 g/mol. The minimum absolute atomic E-state index is 0. The van der Waals surface area contributed by atoms with Gasteiger partial charge in [-0.2, -0.15) is 0 Å². The summed E-state index contributed by atoms with van der Waals surface area (Å²) in [4.78, 5) is 15.6. The summed E-state index contributed by atoms with van der Waals surface area (Å²) >= 11 is 2.25. The highest BCUT2D eigenvalue weighted by Crippen LogP contribution is 2.16. The fraction of sp³-hybridized carbons (Fsp3) is 0.387. The van der Waals surface area contributed by atoms with Gasteiger partial charge in [0.1, 0.15) is 11.6 Å². The van der Waals surface area contributed by atoms with Gasteiger partial charge in [0.15, 0.2) is 0 Å². The molecule has 3 aromatic carbocycles. The molecule has 0 aliphatic rings. The van der Waals surface area contributed by atoms with E-state index in [4.69, 9.17) is 0 Å². The average molecular weight is 686 g/mol. The van der Waals surface area contributed by atoms with E-state index in [1.807, 2.05) is 43.3 Å². The van der Waals surface area contributed by atoms with Gasteiger partial charge in [-0.3, -0.25) is 4.79 Å². The van der Waals surface area contributed by atoms with E-state index in [-0.39, 0.29) is 31.3 Å². The van der Waals surface area contributed by atoms with Gasteiger partial charge < -0.3 is 20.6 Å². The normalized spacial score (nSPS) is 12.6. The van der Waals surface area contributed by atoms with Crippen molar-refractivity contribution in [2.75, 3.05) is 20.1 Å². The Morgan fingerprint density at radius 3 is 2.42 bits per heavy atom. The van der Waals surface area contributed by atoms with Gasteiger partial charge in [0, 0.05) is 34.8 Å². The Bertz CT molecular complexity index is 1230. The highest BCUT2D eigenvalue weighted by atomic mass is 127. The van der Waals surface area contributed by atoms with Crippen LogP contribution in [0.1, 0.15) is 52.4 Å². The largest absolute Gasteiger partial charge is 0.390 e. The summed E-state index contributed by atoms with van der Waals surface area (Å²) in [7, 11) is 2.06.